The number of amides is 1. The third kappa shape index (κ3) is 3.96. The fourth-order valence-corrected chi connectivity index (χ4v) is 4.50. The first-order chi connectivity index (χ1) is 12.7. The molecule has 0 aliphatic heterocycles. The van der Waals surface area contributed by atoms with E-state index in [0.29, 0.717) is 10.7 Å². The number of hydrogen-bond acceptors (Lipinski definition) is 4. The quantitative estimate of drug-likeness (QED) is 0.583. The van der Waals surface area contributed by atoms with E-state index < -0.39 is 15.9 Å². The highest BCUT2D eigenvalue weighted by Gasteiger charge is 2.24. The second-order valence-corrected chi connectivity index (χ2v) is 8.68. The second kappa shape index (κ2) is 7.52. The maximum absolute atomic E-state index is 12.7. The molecule has 0 unspecified atom stereocenters. The van der Waals surface area contributed by atoms with E-state index in [1.165, 1.54) is 42.4 Å². The Morgan fingerprint density at radius 3 is 2.30 bits per heavy atom. The lowest BCUT2D eigenvalue weighted by Gasteiger charge is -2.17. The smallest absolute Gasteiger partial charge is 0.294 e. The Labute approximate surface area is 170 Å². The number of nitrogens with zero attached hydrogens (tertiary/aromatic N) is 3. The number of sulfone groups is 1. The van der Waals surface area contributed by atoms with Gasteiger partial charge in [0.2, 0.25) is 9.84 Å². The van der Waals surface area contributed by atoms with Gasteiger partial charge in [-0.2, -0.15) is 9.78 Å². The van der Waals surface area contributed by atoms with Crippen molar-refractivity contribution in [2.24, 2.45) is 0 Å². The van der Waals surface area contributed by atoms with Crippen molar-refractivity contribution >= 4 is 56.4 Å². The van der Waals surface area contributed by atoms with E-state index in [1.807, 2.05) is 0 Å². The summed E-state index contributed by atoms with van der Waals surface area (Å²) in [7, 11) is -2.48. The Balaban J connectivity index is 1.94. The standard InChI is InChI=1S/C17H12Cl3N3O3S/c1-22(15-5-3-2-4-14(15)20)17(24)23-7-6-16(21-23)27(25,26)13-9-11(18)8-12(19)10-13/h2-10H,1H3. The Morgan fingerprint density at radius 2 is 1.67 bits per heavy atom. The van der Waals surface area contributed by atoms with Crippen LogP contribution in [0.1, 0.15) is 0 Å². The Kier molecular flexibility index (Phi) is 5.48. The van der Waals surface area contributed by atoms with Gasteiger partial charge >= 0.3 is 6.03 Å². The number of carbonyl (C=O) groups is 1. The number of anilines is 1. The molecule has 3 rings (SSSR count). The largest absolute Gasteiger partial charge is 0.348 e. The van der Waals surface area contributed by atoms with Gasteiger partial charge in [0.25, 0.3) is 0 Å². The highest BCUT2D eigenvalue weighted by atomic mass is 35.5. The molecule has 1 heterocycles. The second-order valence-electron chi connectivity index (χ2n) is 5.50. The molecule has 6 nitrogen and oxygen atoms in total. The fraction of sp³-hybridized carbons (Fsp3) is 0.0588. The van der Waals surface area contributed by atoms with Crippen LogP contribution in [0.2, 0.25) is 15.1 Å². The zero-order valence-electron chi connectivity index (χ0n) is 13.8. The van der Waals surface area contributed by atoms with Gasteiger partial charge in [-0.25, -0.2) is 13.2 Å². The number of hydrogen-bond donors (Lipinski definition) is 0. The fourth-order valence-electron chi connectivity index (χ4n) is 2.34. The number of benzene rings is 2. The number of para-hydroxylation sites is 1. The summed E-state index contributed by atoms with van der Waals surface area (Å²) in [5, 5.41) is 4.33. The van der Waals surface area contributed by atoms with Crippen LogP contribution in [0.3, 0.4) is 0 Å². The topological polar surface area (TPSA) is 72.3 Å². The molecule has 3 aromatic rings. The molecule has 140 valence electrons. The summed E-state index contributed by atoms with van der Waals surface area (Å²) in [6.45, 7) is 0. The van der Waals surface area contributed by atoms with Crippen molar-refractivity contribution in [3.8, 4) is 0 Å². The van der Waals surface area contributed by atoms with Crippen molar-refractivity contribution in [2.75, 3.05) is 11.9 Å². The van der Waals surface area contributed by atoms with Crippen molar-refractivity contribution in [3.05, 3.63) is 69.8 Å². The number of halogens is 3. The highest BCUT2D eigenvalue weighted by Crippen LogP contribution is 2.27. The van der Waals surface area contributed by atoms with E-state index in [2.05, 4.69) is 5.10 Å². The van der Waals surface area contributed by atoms with Crippen LogP contribution in [-0.2, 0) is 9.84 Å². The summed E-state index contributed by atoms with van der Waals surface area (Å²) in [6.07, 6.45) is 1.26. The highest BCUT2D eigenvalue weighted by molar-refractivity contribution is 7.91. The molecular weight excluding hydrogens is 433 g/mol. The van der Waals surface area contributed by atoms with E-state index in [-0.39, 0.29) is 20.0 Å². The van der Waals surface area contributed by atoms with Gasteiger partial charge in [-0.3, -0.25) is 4.90 Å². The third-order valence-electron chi connectivity index (χ3n) is 3.68. The molecule has 0 atom stereocenters. The minimum atomic E-state index is -3.99. The van der Waals surface area contributed by atoms with Gasteiger partial charge in [-0.05, 0) is 36.4 Å². The van der Waals surface area contributed by atoms with Gasteiger partial charge in [-0.15, -0.1) is 0 Å². The summed E-state index contributed by atoms with van der Waals surface area (Å²) in [5.74, 6) is 0. The predicted molar refractivity (Wildman–Crippen MR) is 105 cm³/mol. The van der Waals surface area contributed by atoms with E-state index in [4.69, 9.17) is 34.8 Å². The minimum Gasteiger partial charge on any atom is -0.294 e. The maximum atomic E-state index is 12.7. The zero-order chi connectivity index (χ0) is 19.8. The van der Waals surface area contributed by atoms with Gasteiger partial charge in [0.15, 0.2) is 5.03 Å². The van der Waals surface area contributed by atoms with Gasteiger partial charge in [-0.1, -0.05) is 46.9 Å². The molecule has 0 aliphatic carbocycles. The molecular formula is C17H12Cl3N3O3S. The first-order valence-corrected chi connectivity index (χ1v) is 10.1. The average Bonchev–Trinajstić information content (AvgIpc) is 3.11. The van der Waals surface area contributed by atoms with Crippen molar-refractivity contribution in [1.29, 1.82) is 0 Å². The SMILES string of the molecule is CN(C(=O)n1ccc(S(=O)(=O)c2cc(Cl)cc(Cl)c2)n1)c1ccccc1Cl. The molecule has 0 saturated heterocycles. The van der Waals surface area contributed by atoms with Crippen LogP contribution in [-0.4, -0.2) is 31.3 Å². The molecule has 0 aliphatic rings. The average molecular weight is 445 g/mol. The van der Waals surface area contributed by atoms with Crippen LogP contribution in [0.5, 0.6) is 0 Å². The van der Waals surface area contributed by atoms with Crippen molar-refractivity contribution < 1.29 is 13.2 Å². The summed E-state index contributed by atoms with van der Waals surface area (Å²) < 4.78 is 26.4. The molecule has 2 aromatic carbocycles. The Hall–Kier alpha value is -2.06. The minimum absolute atomic E-state index is 0.114. The van der Waals surface area contributed by atoms with Crippen molar-refractivity contribution in [1.82, 2.24) is 9.78 Å². The van der Waals surface area contributed by atoms with Crippen LogP contribution in [0.15, 0.2) is 64.6 Å². The molecule has 0 N–H and O–H groups in total. The summed E-state index contributed by atoms with van der Waals surface area (Å²) in [5.41, 5.74) is 0.464. The monoisotopic (exact) mass is 443 g/mol. The molecule has 0 spiro atoms. The van der Waals surface area contributed by atoms with Crippen molar-refractivity contribution in [3.63, 3.8) is 0 Å². The van der Waals surface area contributed by atoms with Crippen LogP contribution < -0.4 is 4.90 Å². The van der Waals surface area contributed by atoms with Crippen LogP contribution in [0, 0.1) is 0 Å². The lowest BCUT2D eigenvalue weighted by Crippen LogP contribution is -2.31. The lowest BCUT2D eigenvalue weighted by molar-refractivity contribution is 0.246. The first kappa shape index (κ1) is 19.7. The van der Waals surface area contributed by atoms with Crippen LogP contribution in [0.4, 0.5) is 10.5 Å². The first-order valence-electron chi connectivity index (χ1n) is 7.49. The van der Waals surface area contributed by atoms with E-state index >= 15 is 0 Å². The van der Waals surface area contributed by atoms with E-state index in [9.17, 15) is 13.2 Å². The summed E-state index contributed by atoms with van der Waals surface area (Å²) >= 11 is 17.8. The molecule has 0 saturated carbocycles. The van der Waals surface area contributed by atoms with Crippen LogP contribution in [0.25, 0.3) is 0 Å². The predicted octanol–water partition coefficient (Wildman–Crippen LogP) is 4.78. The van der Waals surface area contributed by atoms with Gasteiger partial charge in [0.05, 0.1) is 15.6 Å². The van der Waals surface area contributed by atoms with Crippen molar-refractivity contribution in [2.45, 2.75) is 9.92 Å². The molecule has 1 amide bonds. The molecule has 0 radical (unpaired) electrons. The molecule has 27 heavy (non-hydrogen) atoms. The Morgan fingerprint density at radius 1 is 1.04 bits per heavy atom. The lowest BCUT2D eigenvalue weighted by atomic mass is 10.3. The molecule has 1 aromatic heterocycles. The van der Waals surface area contributed by atoms with Gasteiger partial charge < -0.3 is 0 Å². The molecule has 0 bridgehead atoms. The van der Waals surface area contributed by atoms with Gasteiger partial charge in [0.1, 0.15) is 0 Å². The van der Waals surface area contributed by atoms with E-state index in [0.717, 1.165) is 4.68 Å². The van der Waals surface area contributed by atoms with E-state index in [1.54, 1.807) is 24.3 Å². The zero-order valence-corrected chi connectivity index (χ0v) is 16.9. The molecule has 0 fully saturated rings. The number of aromatic nitrogens is 2. The third-order valence-corrected chi connectivity index (χ3v) is 6.06. The molecule has 10 heteroatoms. The van der Waals surface area contributed by atoms with Gasteiger partial charge in [0, 0.05) is 23.3 Å². The summed E-state index contributed by atoms with van der Waals surface area (Å²) in [4.78, 5) is 13.8. The normalized spacial score (nSPS) is 11.4. The number of rotatable bonds is 3. The number of carbonyl (C=O) groups excluding carboxylic acids is 1. The maximum Gasteiger partial charge on any atom is 0.348 e. The Bertz CT molecular complexity index is 1110. The van der Waals surface area contributed by atoms with Crippen LogP contribution >= 0.6 is 34.8 Å². The summed E-state index contributed by atoms with van der Waals surface area (Å²) in [6, 6.07) is 11.4.